The first-order valence-electron chi connectivity index (χ1n) is 9.86. The third kappa shape index (κ3) is 3.89. The number of rotatable bonds is 2. The molecule has 0 amide bonds. The molecule has 0 spiro atoms. The molecule has 2 aliphatic rings. The molecule has 0 radical (unpaired) electrons. The number of ether oxygens (including phenoxy) is 2. The maximum atomic E-state index is 6.25. The third-order valence-corrected chi connectivity index (χ3v) is 5.83. The lowest BCUT2D eigenvalue weighted by Gasteiger charge is -2.29. The highest BCUT2D eigenvalue weighted by Crippen LogP contribution is 2.37. The van der Waals surface area contributed by atoms with Crippen molar-refractivity contribution in [3.8, 4) is 5.88 Å². The lowest BCUT2D eigenvalue weighted by atomic mass is 9.93. The second-order valence-corrected chi connectivity index (χ2v) is 7.99. The first-order chi connectivity index (χ1) is 13.5. The zero-order valence-electron chi connectivity index (χ0n) is 16.5. The van der Waals surface area contributed by atoms with Gasteiger partial charge >= 0.3 is 0 Å². The van der Waals surface area contributed by atoms with Crippen LogP contribution >= 0.6 is 11.6 Å². The normalized spacial score (nSPS) is 24.9. The first-order valence-corrected chi connectivity index (χ1v) is 10.2. The summed E-state index contributed by atoms with van der Waals surface area (Å²) in [6.45, 7) is 4.67. The Morgan fingerprint density at radius 3 is 3.00 bits per heavy atom. The fourth-order valence-corrected chi connectivity index (χ4v) is 4.07. The molecule has 8 nitrogen and oxygen atoms in total. The van der Waals surface area contributed by atoms with E-state index in [1.807, 2.05) is 0 Å². The van der Waals surface area contributed by atoms with Gasteiger partial charge in [0.05, 0.1) is 30.6 Å². The lowest BCUT2D eigenvalue weighted by molar-refractivity contribution is 0.0501. The predicted molar refractivity (Wildman–Crippen MR) is 109 cm³/mol. The number of nitrogens with one attached hydrogen (secondary N) is 2. The number of halogens is 1. The zero-order valence-corrected chi connectivity index (χ0v) is 17.3. The number of aromatic nitrogens is 4. The van der Waals surface area contributed by atoms with Gasteiger partial charge in [-0.2, -0.15) is 4.98 Å². The monoisotopic (exact) mass is 406 g/mol. The lowest BCUT2D eigenvalue weighted by Crippen LogP contribution is -2.25. The van der Waals surface area contributed by atoms with Gasteiger partial charge in [-0.15, -0.1) is 5.10 Å². The van der Waals surface area contributed by atoms with Crippen LogP contribution in [0.3, 0.4) is 0 Å². The molecule has 152 valence electrons. The molecular weight excluding hydrogens is 380 g/mol. The number of methoxy groups -OCH3 is 1. The molecule has 2 N–H and O–H groups in total. The third-order valence-electron chi connectivity index (χ3n) is 5.55. The SMILES string of the molecule is COC1CCCC(n2nc3c(c2C)Nc2ncc(Cl)c(n2)NC(C)CCO3)C1. The van der Waals surface area contributed by atoms with Gasteiger partial charge in [0.1, 0.15) is 10.7 Å². The molecule has 9 heteroatoms. The van der Waals surface area contributed by atoms with Crippen molar-refractivity contribution in [1.82, 2.24) is 19.7 Å². The Labute approximate surface area is 170 Å². The van der Waals surface area contributed by atoms with E-state index in [1.54, 1.807) is 13.3 Å². The molecule has 3 atom stereocenters. The van der Waals surface area contributed by atoms with Gasteiger partial charge in [0, 0.05) is 19.6 Å². The number of nitrogens with zero attached hydrogens (tertiary/aromatic N) is 4. The number of anilines is 3. The minimum Gasteiger partial charge on any atom is -0.475 e. The van der Waals surface area contributed by atoms with E-state index in [2.05, 4.69) is 39.1 Å². The molecular formula is C19H27ClN6O2. The van der Waals surface area contributed by atoms with Crippen LogP contribution in [0.15, 0.2) is 6.20 Å². The summed E-state index contributed by atoms with van der Waals surface area (Å²) in [6.07, 6.45) is 6.97. The van der Waals surface area contributed by atoms with E-state index in [9.17, 15) is 0 Å². The number of fused-ring (bicyclic) bond motifs is 3. The highest BCUT2D eigenvalue weighted by atomic mass is 35.5. The summed E-state index contributed by atoms with van der Waals surface area (Å²) >= 11 is 6.25. The summed E-state index contributed by atoms with van der Waals surface area (Å²) in [5.41, 5.74) is 1.82. The Morgan fingerprint density at radius 2 is 2.18 bits per heavy atom. The van der Waals surface area contributed by atoms with Crippen LogP contribution in [0, 0.1) is 6.92 Å². The van der Waals surface area contributed by atoms with E-state index < -0.39 is 0 Å². The molecule has 2 bridgehead atoms. The van der Waals surface area contributed by atoms with E-state index in [1.165, 1.54) is 0 Å². The van der Waals surface area contributed by atoms with Crippen molar-refractivity contribution in [3.05, 3.63) is 16.9 Å². The molecule has 2 aromatic rings. The van der Waals surface area contributed by atoms with Crippen molar-refractivity contribution in [2.45, 2.75) is 64.1 Å². The van der Waals surface area contributed by atoms with Gasteiger partial charge in [0.2, 0.25) is 5.95 Å². The first kappa shape index (κ1) is 19.3. The summed E-state index contributed by atoms with van der Waals surface area (Å²) in [7, 11) is 1.79. The topological polar surface area (TPSA) is 86.1 Å². The fourth-order valence-electron chi connectivity index (χ4n) is 3.93. The summed E-state index contributed by atoms with van der Waals surface area (Å²) in [4.78, 5) is 8.85. The summed E-state index contributed by atoms with van der Waals surface area (Å²) < 4.78 is 13.7. The summed E-state index contributed by atoms with van der Waals surface area (Å²) in [5, 5.41) is 11.9. The Hall–Kier alpha value is -2.06. The van der Waals surface area contributed by atoms with Crippen LogP contribution in [0.25, 0.3) is 0 Å². The van der Waals surface area contributed by atoms with E-state index in [0.29, 0.717) is 35.3 Å². The second-order valence-electron chi connectivity index (χ2n) is 7.59. The summed E-state index contributed by atoms with van der Waals surface area (Å²) in [6, 6.07) is 0.456. The minimum atomic E-state index is 0.158. The highest BCUT2D eigenvalue weighted by Gasteiger charge is 2.28. The minimum absolute atomic E-state index is 0.158. The van der Waals surface area contributed by atoms with Gasteiger partial charge in [0.15, 0.2) is 5.82 Å². The largest absolute Gasteiger partial charge is 0.475 e. The van der Waals surface area contributed by atoms with Crippen LogP contribution < -0.4 is 15.4 Å². The predicted octanol–water partition coefficient (Wildman–Crippen LogP) is 4.09. The Bertz CT molecular complexity index is 842. The molecule has 4 rings (SSSR count). The van der Waals surface area contributed by atoms with Crippen LogP contribution in [0.1, 0.15) is 50.8 Å². The van der Waals surface area contributed by atoms with E-state index in [0.717, 1.165) is 43.5 Å². The van der Waals surface area contributed by atoms with E-state index >= 15 is 0 Å². The number of hydrogen-bond acceptors (Lipinski definition) is 7. The zero-order chi connectivity index (χ0) is 19.7. The van der Waals surface area contributed by atoms with Gasteiger partial charge in [-0.3, -0.25) is 4.68 Å². The molecule has 1 fully saturated rings. The van der Waals surface area contributed by atoms with Gasteiger partial charge in [-0.25, -0.2) is 4.98 Å². The average molecular weight is 407 g/mol. The molecule has 0 aromatic carbocycles. The van der Waals surface area contributed by atoms with Gasteiger partial charge in [-0.05, 0) is 39.5 Å². The number of hydrogen-bond donors (Lipinski definition) is 2. The molecule has 3 unspecified atom stereocenters. The van der Waals surface area contributed by atoms with Crippen molar-refractivity contribution < 1.29 is 9.47 Å². The standard InChI is InChI=1S/C19H27ClN6O2/c1-11-7-8-28-18-16(23-19-21-10-15(20)17(22-11)24-19)12(2)26(25-18)13-5-4-6-14(9-13)27-3/h10-11,13-14H,4-9H2,1-3H3,(H2,21,22,23,24). The molecule has 0 saturated heterocycles. The fraction of sp³-hybridized carbons (Fsp3) is 0.632. The molecule has 1 aliphatic heterocycles. The molecule has 1 aliphatic carbocycles. The van der Waals surface area contributed by atoms with Crippen molar-refractivity contribution in [2.24, 2.45) is 0 Å². The van der Waals surface area contributed by atoms with Crippen molar-refractivity contribution in [2.75, 3.05) is 24.4 Å². The highest BCUT2D eigenvalue weighted by molar-refractivity contribution is 6.32. The van der Waals surface area contributed by atoms with Gasteiger partial charge in [0.25, 0.3) is 5.88 Å². The molecule has 2 aromatic heterocycles. The van der Waals surface area contributed by atoms with E-state index in [-0.39, 0.29) is 12.1 Å². The van der Waals surface area contributed by atoms with Crippen LogP contribution in [0.4, 0.5) is 17.5 Å². The maximum Gasteiger partial charge on any atom is 0.257 e. The van der Waals surface area contributed by atoms with Crippen LogP contribution in [-0.4, -0.2) is 45.6 Å². The Balaban J connectivity index is 1.69. The van der Waals surface area contributed by atoms with Gasteiger partial charge < -0.3 is 20.1 Å². The van der Waals surface area contributed by atoms with Crippen molar-refractivity contribution in [1.29, 1.82) is 0 Å². The van der Waals surface area contributed by atoms with Crippen molar-refractivity contribution >= 4 is 29.1 Å². The second kappa shape index (κ2) is 8.13. The molecule has 1 saturated carbocycles. The average Bonchev–Trinajstić information content (AvgIpc) is 2.99. The van der Waals surface area contributed by atoms with E-state index in [4.69, 9.17) is 26.2 Å². The van der Waals surface area contributed by atoms with Crippen molar-refractivity contribution in [3.63, 3.8) is 0 Å². The van der Waals surface area contributed by atoms with Crippen LogP contribution in [-0.2, 0) is 4.74 Å². The maximum absolute atomic E-state index is 6.25. The van der Waals surface area contributed by atoms with Crippen LogP contribution in [0.5, 0.6) is 5.88 Å². The smallest absolute Gasteiger partial charge is 0.257 e. The van der Waals surface area contributed by atoms with Crippen LogP contribution in [0.2, 0.25) is 5.02 Å². The quantitative estimate of drug-likeness (QED) is 0.776. The van der Waals surface area contributed by atoms with Gasteiger partial charge in [-0.1, -0.05) is 11.6 Å². The molecule has 28 heavy (non-hydrogen) atoms. The molecule has 3 heterocycles. The Kier molecular flexibility index (Phi) is 5.59. The summed E-state index contributed by atoms with van der Waals surface area (Å²) in [5.74, 6) is 1.67. The Morgan fingerprint density at radius 1 is 1.32 bits per heavy atom.